The van der Waals surface area contributed by atoms with Crippen LogP contribution in [-0.2, 0) is 12.4 Å². The van der Waals surface area contributed by atoms with E-state index in [2.05, 4.69) is 0 Å². The Hall–Kier alpha value is -3.42. The summed E-state index contributed by atoms with van der Waals surface area (Å²) in [6, 6.07) is 11.6. The van der Waals surface area contributed by atoms with Crippen LogP contribution in [0.5, 0.6) is 0 Å². The first kappa shape index (κ1) is 22.3. The van der Waals surface area contributed by atoms with Crippen LogP contribution >= 0.6 is 0 Å². The highest BCUT2D eigenvalue weighted by Crippen LogP contribution is 2.30. The molecule has 0 atom stereocenters. The van der Waals surface area contributed by atoms with E-state index in [1.54, 1.807) is 6.92 Å². The number of carbonyl (C=O) groups is 2. The average Bonchev–Trinajstić information content (AvgIpc) is 2.71. The van der Waals surface area contributed by atoms with Gasteiger partial charge in [0.15, 0.2) is 11.6 Å². The van der Waals surface area contributed by atoms with E-state index in [4.69, 9.17) is 0 Å². The first-order valence-electron chi connectivity index (χ1n) is 8.92. The second kappa shape index (κ2) is 8.02. The number of halogens is 6. The van der Waals surface area contributed by atoms with Gasteiger partial charge in [-0.3, -0.25) is 9.59 Å². The van der Waals surface area contributed by atoms with Crippen LogP contribution in [0.2, 0.25) is 0 Å². The number of carbonyl (C=O) groups excluding carboxylic acids is 2. The van der Waals surface area contributed by atoms with E-state index in [1.165, 1.54) is 18.2 Å². The van der Waals surface area contributed by atoms with E-state index in [0.29, 0.717) is 5.56 Å². The van der Waals surface area contributed by atoms with E-state index >= 15 is 0 Å². The third-order valence-corrected chi connectivity index (χ3v) is 4.55. The predicted molar refractivity (Wildman–Crippen MR) is 101 cm³/mol. The van der Waals surface area contributed by atoms with E-state index in [1.807, 2.05) is 0 Å². The standard InChI is InChI=1S/C23H14F6O2/c1-13-10-16(20(30)14-2-6-18(7-3-14)22(24,25)26)12-17(11-13)21(31)15-4-8-19(9-5-15)23(27,28)29/h2-12H,1H3. The number of rotatable bonds is 4. The molecule has 0 fully saturated rings. The van der Waals surface area contributed by atoms with Gasteiger partial charge in [-0.1, -0.05) is 24.3 Å². The van der Waals surface area contributed by atoms with E-state index in [9.17, 15) is 35.9 Å². The molecule has 0 aliphatic carbocycles. The van der Waals surface area contributed by atoms with Gasteiger partial charge in [0, 0.05) is 22.3 Å². The predicted octanol–water partition coefficient (Wildman–Crippen LogP) is 6.49. The van der Waals surface area contributed by atoms with Crippen LogP contribution in [0.25, 0.3) is 0 Å². The smallest absolute Gasteiger partial charge is 0.289 e. The van der Waals surface area contributed by atoms with Gasteiger partial charge in [0.1, 0.15) is 0 Å². The number of aryl methyl sites for hydroxylation is 1. The molecule has 0 amide bonds. The molecule has 0 unspecified atom stereocenters. The van der Waals surface area contributed by atoms with E-state index < -0.39 is 35.0 Å². The summed E-state index contributed by atoms with van der Waals surface area (Å²) in [7, 11) is 0. The summed E-state index contributed by atoms with van der Waals surface area (Å²) in [4.78, 5) is 25.4. The molecule has 0 aromatic heterocycles. The SMILES string of the molecule is Cc1cc(C(=O)c2ccc(C(F)(F)F)cc2)cc(C(=O)c2ccc(C(F)(F)F)cc2)c1. The summed E-state index contributed by atoms with van der Waals surface area (Å²) in [5.41, 5.74) is -1.09. The Kier molecular flexibility index (Phi) is 5.76. The van der Waals surface area contributed by atoms with Crippen molar-refractivity contribution in [1.82, 2.24) is 0 Å². The molecule has 0 radical (unpaired) electrons. The summed E-state index contributed by atoms with van der Waals surface area (Å²) in [5, 5.41) is 0. The lowest BCUT2D eigenvalue weighted by molar-refractivity contribution is -0.138. The van der Waals surface area contributed by atoms with Crippen molar-refractivity contribution in [2.45, 2.75) is 19.3 Å². The molecule has 0 N–H and O–H groups in total. The van der Waals surface area contributed by atoms with Crippen molar-refractivity contribution in [2.75, 3.05) is 0 Å². The fraction of sp³-hybridized carbons (Fsp3) is 0.130. The Bertz CT molecular complexity index is 1040. The fourth-order valence-electron chi connectivity index (χ4n) is 3.00. The lowest BCUT2D eigenvalue weighted by Gasteiger charge is -2.10. The number of alkyl halides is 6. The first-order chi connectivity index (χ1) is 14.4. The summed E-state index contributed by atoms with van der Waals surface area (Å²) < 4.78 is 76.2. The molecule has 0 spiro atoms. The molecular formula is C23H14F6O2. The molecule has 0 saturated heterocycles. The summed E-state index contributed by atoms with van der Waals surface area (Å²) in [6.07, 6.45) is -9.07. The van der Waals surface area contributed by atoms with Crippen molar-refractivity contribution < 1.29 is 35.9 Å². The summed E-state index contributed by atoms with van der Waals surface area (Å²) >= 11 is 0. The Morgan fingerprint density at radius 1 is 0.548 bits per heavy atom. The zero-order valence-electron chi connectivity index (χ0n) is 15.9. The zero-order valence-corrected chi connectivity index (χ0v) is 15.9. The molecule has 2 nitrogen and oxygen atoms in total. The average molecular weight is 436 g/mol. The van der Waals surface area contributed by atoms with Gasteiger partial charge < -0.3 is 0 Å². The van der Waals surface area contributed by atoms with Crippen molar-refractivity contribution in [3.63, 3.8) is 0 Å². The second-order valence-electron chi connectivity index (χ2n) is 6.90. The highest BCUT2D eigenvalue weighted by atomic mass is 19.4. The topological polar surface area (TPSA) is 34.1 Å². The van der Waals surface area contributed by atoms with E-state index in [-0.39, 0.29) is 22.3 Å². The Balaban J connectivity index is 1.91. The van der Waals surface area contributed by atoms with E-state index in [0.717, 1.165) is 48.5 Å². The molecule has 0 aliphatic heterocycles. The molecule has 0 bridgehead atoms. The molecule has 0 saturated carbocycles. The van der Waals surface area contributed by atoms with Gasteiger partial charge in [-0.25, -0.2) is 0 Å². The summed E-state index contributed by atoms with van der Waals surface area (Å²) in [6.45, 7) is 1.62. The Morgan fingerprint density at radius 3 is 1.16 bits per heavy atom. The normalized spacial score (nSPS) is 12.0. The maximum Gasteiger partial charge on any atom is 0.416 e. The maximum absolute atomic E-state index is 12.7. The minimum absolute atomic E-state index is 0.00605. The number of hydrogen-bond donors (Lipinski definition) is 0. The van der Waals surface area contributed by atoms with Gasteiger partial charge in [-0.05, 0) is 55.0 Å². The minimum Gasteiger partial charge on any atom is -0.289 e. The van der Waals surface area contributed by atoms with Gasteiger partial charge >= 0.3 is 12.4 Å². The molecule has 3 aromatic rings. The first-order valence-corrected chi connectivity index (χ1v) is 8.92. The zero-order chi connectivity index (χ0) is 23.0. The number of benzene rings is 3. The summed E-state index contributed by atoms with van der Waals surface area (Å²) in [5.74, 6) is -1.17. The lowest BCUT2D eigenvalue weighted by atomic mass is 9.94. The quantitative estimate of drug-likeness (QED) is 0.346. The highest BCUT2D eigenvalue weighted by molar-refractivity contribution is 6.13. The van der Waals surface area contributed by atoms with Crippen LogP contribution in [0, 0.1) is 6.92 Å². The van der Waals surface area contributed by atoms with Crippen LogP contribution in [-0.4, -0.2) is 11.6 Å². The van der Waals surface area contributed by atoms with Crippen LogP contribution in [0.1, 0.15) is 48.5 Å². The largest absolute Gasteiger partial charge is 0.416 e. The van der Waals surface area contributed by atoms with Crippen molar-refractivity contribution in [1.29, 1.82) is 0 Å². The number of hydrogen-bond acceptors (Lipinski definition) is 2. The van der Waals surface area contributed by atoms with Crippen molar-refractivity contribution in [3.05, 3.63) is 106 Å². The molecule has 0 heterocycles. The molecule has 3 rings (SSSR count). The highest BCUT2D eigenvalue weighted by Gasteiger charge is 2.31. The molecular weight excluding hydrogens is 422 g/mol. The van der Waals surface area contributed by atoms with Gasteiger partial charge in [-0.15, -0.1) is 0 Å². The van der Waals surface area contributed by atoms with Crippen LogP contribution < -0.4 is 0 Å². The van der Waals surface area contributed by atoms with Crippen molar-refractivity contribution >= 4 is 11.6 Å². The molecule has 160 valence electrons. The van der Waals surface area contributed by atoms with Crippen molar-refractivity contribution in [2.24, 2.45) is 0 Å². The minimum atomic E-state index is -4.54. The van der Waals surface area contributed by atoms with Gasteiger partial charge in [0.25, 0.3) is 0 Å². The van der Waals surface area contributed by atoms with Crippen LogP contribution in [0.15, 0.2) is 66.7 Å². The third-order valence-electron chi connectivity index (χ3n) is 4.55. The van der Waals surface area contributed by atoms with Gasteiger partial charge in [-0.2, -0.15) is 26.3 Å². The molecule has 31 heavy (non-hydrogen) atoms. The van der Waals surface area contributed by atoms with Gasteiger partial charge in [0.2, 0.25) is 0 Å². The third kappa shape index (κ3) is 5.02. The van der Waals surface area contributed by atoms with Crippen LogP contribution in [0.4, 0.5) is 26.3 Å². The molecule has 8 heteroatoms. The monoisotopic (exact) mass is 436 g/mol. The fourth-order valence-corrected chi connectivity index (χ4v) is 3.00. The van der Waals surface area contributed by atoms with Crippen LogP contribution in [0.3, 0.4) is 0 Å². The molecule has 3 aromatic carbocycles. The van der Waals surface area contributed by atoms with Gasteiger partial charge in [0.05, 0.1) is 11.1 Å². The van der Waals surface area contributed by atoms with Crippen molar-refractivity contribution in [3.8, 4) is 0 Å². The Morgan fingerprint density at radius 2 is 0.871 bits per heavy atom. The lowest BCUT2D eigenvalue weighted by Crippen LogP contribution is -2.09. The Labute approximate surface area is 173 Å². The maximum atomic E-state index is 12.7. The number of ketones is 2. The molecule has 0 aliphatic rings. The second-order valence-corrected chi connectivity index (χ2v) is 6.90.